The molecule has 0 aliphatic carbocycles. The second-order valence-corrected chi connectivity index (χ2v) is 5.02. The zero-order valence-corrected chi connectivity index (χ0v) is 11.2. The summed E-state index contributed by atoms with van der Waals surface area (Å²) in [5.41, 5.74) is 6.01. The van der Waals surface area contributed by atoms with Crippen LogP contribution in [0.25, 0.3) is 0 Å². The van der Waals surface area contributed by atoms with E-state index in [4.69, 9.17) is 5.73 Å². The van der Waals surface area contributed by atoms with Crippen molar-refractivity contribution in [3.63, 3.8) is 0 Å². The molecule has 1 aromatic heterocycles. The van der Waals surface area contributed by atoms with E-state index in [1.54, 1.807) is 11.0 Å². The van der Waals surface area contributed by atoms with Gasteiger partial charge in [0.2, 0.25) is 0 Å². The van der Waals surface area contributed by atoms with Gasteiger partial charge in [0.05, 0.1) is 0 Å². The molecule has 1 aliphatic heterocycles. The molecule has 1 saturated heterocycles. The number of hydrogen-bond donors (Lipinski definition) is 1. The molecule has 1 fully saturated rings. The van der Waals surface area contributed by atoms with Crippen LogP contribution in [0.4, 0.5) is 0 Å². The number of piperidine rings is 1. The Bertz CT molecular complexity index is 410. The maximum absolute atomic E-state index is 6.01. The quantitative estimate of drug-likeness (QED) is 0.623. The number of likely N-dealkylation sites (tertiary alicyclic amines) is 1. The fourth-order valence-corrected chi connectivity index (χ4v) is 2.27. The molecule has 0 unspecified atom stereocenters. The molecule has 1 aromatic rings. The third-order valence-electron chi connectivity index (χ3n) is 3.24. The van der Waals surface area contributed by atoms with Crippen LogP contribution < -0.4 is 5.73 Å². The van der Waals surface area contributed by atoms with E-state index in [9.17, 15) is 0 Å². The fourth-order valence-electron chi connectivity index (χ4n) is 2.27. The van der Waals surface area contributed by atoms with Crippen molar-refractivity contribution in [3.8, 4) is 0 Å². The lowest BCUT2D eigenvalue weighted by Gasteiger charge is -2.31. The second kappa shape index (κ2) is 5.84. The standard InChI is InChI=1S/C12H22N6/c1-10-4-3-7-18(8-10)12(13)14-6-5-11-15-9-17(2)16-11/h9-10H,3-8H2,1-2H3,(H2,13,14)/t10-/m1/s1. The molecular weight excluding hydrogens is 228 g/mol. The Hall–Kier alpha value is -1.59. The summed E-state index contributed by atoms with van der Waals surface area (Å²) in [6.07, 6.45) is 4.94. The van der Waals surface area contributed by atoms with E-state index in [1.165, 1.54) is 12.8 Å². The molecule has 100 valence electrons. The molecule has 2 rings (SSSR count). The zero-order valence-electron chi connectivity index (χ0n) is 11.2. The molecule has 18 heavy (non-hydrogen) atoms. The summed E-state index contributed by atoms with van der Waals surface area (Å²) in [6, 6.07) is 0. The normalized spacial score (nSPS) is 21.3. The summed E-state index contributed by atoms with van der Waals surface area (Å²) in [6.45, 7) is 4.97. The van der Waals surface area contributed by atoms with Crippen molar-refractivity contribution in [2.45, 2.75) is 26.2 Å². The topological polar surface area (TPSA) is 72.3 Å². The minimum atomic E-state index is 0.653. The number of aliphatic imine (C=N–C) groups is 1. The Morgan fingerprint density at radius 1 is 1.61 bits per heavy atom. The summed E-state index contributed by atoms with van der Waals surface area (Å²) in [7, 11) is 1.86. The van der Waals surface area contributed by atoms with Crippen LogP contribution in [-0.4, -0.2) is 45.3 Å². The van der Waals surface area contributed by atoms with Gasteiger partial charge in [0, 0.05) is 33.1 Å². The van der Waals surface area contributed by atoms with E-state index in [2.05, 4.69) is 26.9 Å². The number of nitrogens with zero attached hydrogens (tertiary/aromatic N) is 5. The first-order chi connectivity index (χ1) is 8.65. The Morgan fingerprint density at radius 2 is 2.44 bits per heavy atom. The van der Waals surface area contributed by atoms with Crippen molar-refractivity contribution in [1.82, 2.24) is 19.7 Å². The van der Waals surface area contributed by atoms with E-state index in [0.29, 0.717) is 18.4 Å². The highest BCUT2D eigenvalue weighted by molar-refractivity contribution is 5.78. The molecule has 6 heteroatoms. The Balaban J connectivity index is 1.81. The minimum absolute atomic E-state index is 0.653. The zero-order chi connectivity index (χ0) is 13.0. The molecule has 6 nitrogen and oxygen atoms in total. The van der Waals surface area contributed by atoms with Gasteiger partial charge in [0.1, 0.15) is 6.33 Å². The van der Waals surface area contributed by atoms with Gasteiger partial charge in [-0.3, -0.25) is 9.67 Å². The van der Waals surface area contributed by atoms with Gasteiger partial charge in [-0.05, 0) is 18.8 Å². The second-order valence-electron chi connectivity index (χ2n) is 5.02. The highest BCUT2D eigenvalue weighted by atomic mass is 15.3. The number of guanidine groups is 1. The van der Waals surface area contributed by atoms with Crippen LogP contribution >= 0.6 is 0 Å². The monoisotopic (exact) mass is 250 g/mol. The van der Waals surface area contributed by atoms with Gasteiger partial charge in [0.15, 0.2) is 11.8 Å². The van der Waals surface area contributed by atoms with Gasteiger partial charge < -0.3 is 10.6 Å². The summed E-state index contributed by atoms with van der Waals surface area (Å²) < 4.78 is 1.70. The van der Waals surface area contributed by atoms with Crippen molar-refractivity contribution in [1.29, 1.82) is 0 Å². The van der Waals surface area contributed by atoms with Crippen LogP contribution in [0.15, 0.2) is 11.3 Å². The van der Waals surface area contributed by atoms with Crippen molar-refractivity contribution in [3.05, 3.63) is 12.2 Å². The lowest BCUT2D eigenvalue weighted by Crippen LogP contribution is -2.43. The first kappa shape index (κ1) is 12.9. The van der Waals surface area contributed by atoms with Crippen molar-refractivity contribution >= 4 is 5.96 Å². The van der Waals surface area contributed by atoms with E-state index in [0.717, 1.165) is 25.3 Å². The van der Waals surface area contributed by atoms with Crippen LogP contribution in [-0.2, 0) is 13.5 Å². The van der Waals surface area contributed by atoms with Crippen LogP contribution in [0.5, 0.6) is 0 Å². The Labute approximate surface area is 108 Å². The Morgan fingerprint density at radius 3 is 3.11 bits per heavy atom. The van der Waals surface area contributed by atoms with Gasteiger partial charge in [-0.1, -0.05) is 6.92 Å². The predicted octanol–water partition coefficient (Wildman–Crippen LogP) is 0.404. The molecule has 0 radical (unpaired) electrons. The molecule has 2 heterocycles. The van der Waals surface area contributed by atoms with Crippen LogP contribution in [0.2, 0.25) is 0 Å². The molecular formula is C12H22N6. The van der Waals surface area contributed by atoms with Crippen molar-refractivity contribution < 1.29 is 0 Å². The van der Waals surface area contributed by atoms with E-state index in [-0.39, 0.29) is 0 Å². The number of rotatable bonds is 3. The summed E-state index contributed by atoms with van der Waals surface area (Å²) in [5, 5.41) is 4.21. The van der Waals surface area contributed by atoms with Crippen LogP contribution in [0.3, 0.4) is 0 Å². The van der Waals surface area contributed by atoms with E-state index >= 15 is 0 Å². The average Bonchev–Trinajstić information content (AvgIpc) is 2.75. The van der Waals surface area contributed by atoms with Crippen molar-refractivity contribution in [2.75, 3.05) is 19.6 Å². The molecule has 0 amide bonds. The van der Waals surface area contributed by atoms with E-state index < -0.39 is 0 Å². The van der Waals surface area contributed by atoms with Gasteiger partial charge in [-0.15, -0.1) is 0 Å². The number of aromatic nitrogens is 3. The van der Waals surface area contributed by atoms with Gasteiger partial charge in [-0.25, -0.2) is 4.98 Å². The minimum Gasteiger partial charge on any atom is -0.370 e. The van der Waals surface area contributed by atoms with Crippen molar-refractivity contribution in [2.24, 2.45) is 23.7 Å². The molecule has 2 N–H and O–H groups in total. The van der Waals surface area contributed by atoms with Crippen LogP contribution in [0, 0.1) is 5.92 Å². The SMILES string of the molecule is C[C@@H]1CCCN(C(N)=NCCc2ncn(C)n2)C1. The smallest absolute Gasteiger partial charge is 0.191 e. The fraction of sp³-hybridized carbons (Fsp3) is 0.750. The third-order valence-corrected chi connectivity index (χ3v) is 3.24. The maximum atomic E-state index is 6.01. The maximum Gasteiger partial charge on any atom is 0.191 e. The molecule has 0 aromatic carbocycles. The molecule has 0 bridgehead atoms. The summed E-state index contributed by atoms with van der Waals surface area (Å²) in [4.78, 5) is 10.8. The predicted molar refractivity (Wildman–Crippen MR) is 71.2 cm³/mol. The number of hydrogen-bond acceptors (Lipinski definition) is 3. The molecule has 0 saturated carbocycles. The average molecular weight is 250 g/mol. The van der Waals surface area contributed by atoms with Crippen LogP contribution in [0.1, 0.15) is 25.6 Å². The first-order valence-corrected chi connectivity index (χ1v) is 6.54. The molecule has 1 aliphatic rings. The number of nitrogens with two attached hydrogens (primary N) is 1. The lowest BCUT2D eigenvalue weighted by molar-refractivity contribution is 0.270. The highest BCUT2D eigenvalue weighted by Crippen LogP contribution is 2.14. The largest absolute Gasteiger partial charge is 0.370 e. The molecule has 1 atom stereocenters. The first-order valence-electron chi connectivity index (χ1n) is 6.54. The third kappa shape index (κ3) is 3.45. The summed E-state index contributed by atoms with van der Waals surface area (Å²) in [5.74, 6) is 2.20. The highest BCUT2D eigenvalue weighted by Gasteiger charge is 2.17. The molecule has 0 spiro atoms. The van der Waals surface area contributed by atoms with Gasteiger partial charge >= 0.3 is 0 Å². The Kier molecular flexibility index (Phi) is 4.17. The van der Waals surface area contributed by atoms with Gasteiger partial charge in [-0.2, -0.15) is 5.10 Å². The summed E-state index contributed by atoms with van der Waals surface area (Å²) >= 11 is 0. The van der Waals surface area contributed by atoms with Gasteiger partial charge in [0.25, 0.3) is 0 Å². The van der Waals surface area contributed by atoms with E-state index in [1.807, 2.05) is 7.05 Å². The number of aryl methyl sites for hydroxylation is 1. The lowest BCUT2D eigenvalue weighted by atomic mass is 10.0.